The summed E-state index contributed by atoms with van der Waals surface area (Å²) in [4.78, 5) is 16.4. The van der Waals surface area contributed by atoms with E-state index in [9.17, 15) is 13.2 Å². The molecule has 8 heteroatoms. The highest BCUT2D eigenvalue weighted by molar-refractivity contribution is 7.92. The van der Waals surface area contributed by atoms with Gasteiger partial charge in [0.15, 0.2) is 0 Å². The first kappa shape index (κ1) is 19.9. The Kier molecular flexibility index (Phi) is 5.96. The molecule has 0 atom stereocenters. The van der Waals surface area contributed by atoms with Crippen LogP contribution in [0.2, 0.25) is 5.02 Å². The molecule has 1 aromatic heterocycles. The van der Waals surface area contributed by atoms with E-state index in [0.29, 0.717) is 6.54 Å². The van der Waals surface area contributed by atoms with E-state index >= 15 is 0 Å². The van der Waals surface area contributed by atoms with Gasteiger partial charge >= 0.3 is 0 Å². The van der Waals surface area contributed by atoms with Gasteiger partial charge in [0.05, 0.1) is 21.2 Å². The molecular formula is C20H18ClN3O3S. The maximum absolute atomic E-state index is 12.5. The summed E-state index contributed by atoms with van der Waals surface area (Å²) in [5, 5.41) is 2.91. The molecule has 0 radical (unpaired) electrons. The summed E-state index contributed by atoms with van der Waals surface area (Å²) in [6.07, 6.45) is 3.28. The number of hydrogen-bond donors (Lipinski definition) is 2. The number of rotatable bonds is 6. The molecule has 144 valence electrons. The van der Waals surface area contributed by atoms with Crippen LogP contribution in [-0.4, -0.2) is 19.3 Å². The summed E-state index contributed by atoms with van der Waals surface area (Å²) in [7, 11) is -3.74. The van der Waals surface area contributed by atoms with Crippen LogP contribution < -0.4 is 10.0 Å². The largest absolute Gasteiger partial charge is 0.348 e. The highest BCUT2D eigenvalue weighted by atomic mass is 35.5. The molecule has 0 saturated heterocycles. The van der Waals surface area contributed by atoms with E-state index in [2.05, 4.69) is 15.0 Å². The highest BCUT2D eigenvalue weighted by Crippen LogP contribution is 2.23. The van der Waals surface area contributed by atoms with E-state index in [1.807, 2.05) is 6.92 Å². The van der Waals surface area contributed by atoms with Gasteiger partial charge in [-0.3, -0.25) is 14.5 Å². The standard InChI is InChI=1S/C20H18ClN3O3S/c1-14-2-5-17(6-3-14)28(26,27)24-16-4-7-18(19(21)12-16)20(25)23-13-15-8-10-22-11-9-15/h2-12,24H,13H2,1H3,(H,23,25). The number of sulfonamides is 1. The zero-order valence-corrected chi connectivity index (χ0v) is 16.6. The number of nitrogens with one attached hydrogen (secondary N) is 2. The number of carbonyl (C=O) groups excluding carboxylic acids is 1. The predicted molar refractivity (Wildman–Crippen MR) is 109 cm³/mol. The fourth-order valence-electron chi connectivity index (χ4n) is 2.47. The molecule has 1 amide bonds. The smallest absolute Gasteiger partial charge is 0.261 e. The fourth-order valence-corrected chi connectivity index (χ4v) is 3.79. The second kappa shape index (κ2) is 8.41. The summed E-state index contributed by atoms with van der Waals surface area (Å²) in [5.41, 5.74) is 2.40. The maximum atomic E-state index is 12.5. The van der Waals surface area contributed by atoms with Crippen LogP contribution in [0.4, 0.5) is 5.69 Å². The molecule has 6 nitrogen and oxygen atoms in total. The van der Waals surface area contributed by atoms with Gasteiger partial charge in [-0.25, -0.2) is 8.42 Å². The normalized spacial score (nSPS) is 11.1. The summed E-state index contributed by atoms with van der Waals surface area (Å²) >= 11 is 6.20. The number of anilines is 1. The number of pyridine rings is 1. The minimum Gasteiger partial charge on any atom is -0.348 e. The van der Waals surface area contributed by atoms with E-state index in [1.165, 1.54) is 30.3 Å². The molecule has 1 heterocycles. The Hall–Kier alpha value is -2.90. The summed E-state index contributed by atoms with van der Waals surface area (Å²) in [5.74, 6) is -0.352. The van der Waals surface area contributed by atoms with Crippen molar-refractivity contribution in [2.75, 3.05) is 4.72 Å². The minimum atomic E-state index is -3.74. The first-order valence-electron chi connectivity index (χ1n) is 8.41. The quantitative estimate of drug-likeness (QED) is 0.641. The third-order valence-corrected chi connectivity index (χ3v) is 5.71. The molecule has 3 aromatic rings. The van der Waals surface area contributed by atoms with E-state index < -0.39 is 10.0 Å². The topological polar surface area (TPSA) is 88.2 Å². The van der Waals surface area contributed by atoms with Gasteiger partial charge in [0, 0.05) is 18.9 Å². The summed E-state index contributed by atoms with van der Waals surface area (Å²) in [6, 6.07) is 14.5. The Morgan fingerprint density at radius 2 is 1.71 bits per heavy atom. The highest BCUT2D eigenvalue weighted by Gasteiger charge is 2.16. The maximum Gasteiger partial charge on any atom is 0.261 e. The van der Waals surface area contributed by atoms with Crippen molar-refractivity contribution in [3.63, 3.8) is 0 Å². The molecule has 0 unspecified atom stereocenters. The lowest BCUT2D eigenvalue weighted by Gasteiger charge is -2.11. The van der Waals surface area contributed by atoms with Crippen molar-refractivity contribution in [3.8, 4) is 0 Å². The molecule has 0 aliphatic carbocycles. The van der Waals surface area contributed by atoms with Crippen LogP contribution in [0, 0.1) is 6.92 Å². The van der Waals surface area contributed by atoms with Gasteiger partial charge in [0.25, 0.3) is 15.9 Å². The van der Waals surface area contributed by atoms with Gasteiger partial charge in [-0.1, -0.05) is 29.3 Å². The van der Waals surface area contributed by atoms with Crippen molar-refractivity contribution in [1.29, 1.82) is 0 Å². The lowest BCUT2D eigenvalue weighted by atomic mass is 10.2. The molecule has 3 rings (SSSR count). The Balaban J connectivity index is 1.71. The van der Waals surface area contributed by atoms with Gasteiger partial charge < -0.3 is 5.32 Å². The Labute approximate surface area is 168 Å². The summed E-state index contributed by atoms with van der Waals surface area (Å²) < 4.78 is 27.4. The number of amides is 1. The second-order valence-electron chi connectivity index (χ2n) is 6.15. The second-order valence-corrected chi connectivity index (χ2v) is 8.24. The predicted octanol–water partition coefficient (Wildman–Crippen LogP) is 3.77. The van der Waals surface area contributed by atoms with E-state index in [4.69, 9.17) is 11.6 Å². The fraction of sp³-hybridized carbons (Fsp3) is 0.100. The van der Waals surface area contributed by atoms with E-state index in [-0.39, 0.29) is 27.1 Å². The minimum absolute atomic E-state index is 0.147. The number of hydrogen-bond acceptors (Lipinski definition) is 4. The zero-order chi connectivity index (χ0) is 20.1. The average Bonchev–Trinajstić information content (AvgIpc) is 2.67. The molecule has 0 aliphatic rings. The zero-order valence-electron chi connectivity index (χ0n) is 15.0. The van der Waals surface area contributed by atoms with Crippen molar-refractivity contribution in [3.05, 3.63) is 88.7 Å². The molecule has 0 bridgehead atoms. The Morgan fingerprint density at radius 1 is 1.04 bits per heavy atom. The molecule has 0 aliphatic heterocycles. The molecule has 0 fully saturated rings. The van der Waals surface area contributed by atoms with Crippen molar-refractivity contribution in [2.24, 2.45) is 0 Å². The first-order chi connectivity index (χ1) is 13.3. The van der Waals surface area contributed by atoms with Crippen LogP contribution in [0.25, 0.3) is 0 Å². The Morgan fingerprint density at radius 3 is 2.36 bits per heavy atom. The molecule has 0 saturated carbocycles. The molecule has 0 spiro atoms. The van der Waals surface area contributed by atoms with E-state index in [0.717, 1.165) is 11.1 Å². The van der Waals surface area contributed by atoms with E-state index in [1.54, 1.807) is 36.7 Å². The number of carbonyl (C=O) groups is 1. The van der Waals surface area contributed by atoms with Gasteiger partial charge in [-0.05, 0) is 55.0 Å². The number of aromatic nitrogens is 1. The van der Waals surface area contributed by atoms with Crippen LogP contribution >= 0.6 is 11.6 Å². The van der Waals surface area contributed by atoms with Crippen LogP contribution in [0.3, 0.4) is 0 Å². The van der Waals surface area contributed by atoms with Crippen LogP contribution in [0.5, 0.6) is 0 Å². The third-order valence-electron chi connectivity index (χ3n) is 4.00. The number of nitrogens with zero attached hydrogens (tertiary/aromatic N) is 1. The van der Waals surface area contributed by atoms with Crippen LogP contribution in [-0.2, 0) is 16.6 Å². The van der Waals surface area contributed by atoms with Crippen molar-refractivity contribution >= 4 is 33.2 Å². The van der Waals surface area contributed by atoms with Crippen LogP contribution in [0.15, 0.2) is 71.9 Å². The van der Waals surface area contributed by atoms with Crippen molar-refractivity contribution < 1.29 is 13.2 Å². The molecule has 2 aromatic carbocycles. The third kappa shape index (κ3) is 4.88. The Bertz CT molecular complexity index is 1090. The van der Waals surface area contributed by atoms with Crippen LogP contribution in [0.1, 0.15) is 21.5 Å². The number of halogens is 1. The molecule has 2 N–H and O–H groups in total. The lowest BCUT2D eigenvalue weighted by molar-refractivity contribution is 0.0951. The first-order valence-corrected chi connectivity index (χ1v) is 10.3. The summed E-state index contributed by atoms with van der Waals surface area (Å²) in [6.45, 7) is 2.21. The van der Waals surface area contributed by atoms with Gasteiger partial charge in [-0.2, -0.15) is 0 Å². The monoisotopic (exact) mass is 415 g/mol. The lowest BCUT2D eigenvalue weighted by Crippen LogP contribution is -2.23. The van der Waals surface area contributed by atoms with Crippen molar-refractivity contribution in [2.45, 2.75) is 18.4 Å². The molecule has 28 heavy (non-hydrogen) atoms. The van der Waals surface area contributed by atoms with Gasteiger partial charge in [-0.15, -0.1) is 0 Å². The van der Waals surface area contributed by atoms with Gasteiger partial charge in [0.2, 0.25) is 0 Å². The van der Waals surface area contributed by atoms with Crippen molar-refractivity contribution in [1.82, 2.24) is 10.3 Å². The number of benzene rings is 2. The molecular weight excluding hydrogens is 398 g/mol. The number of aryl methyl sites for hydroxylation is 1. The van der Waals surface area contributed by atoms with Gasteiger partial charge in [0.1, 0.15) is 0 Å². The SMILES string of the molecule is Cc1ccc(S(=O)(=O)Nc2ccc(C(=O)NCc3ccncc3)c(Cl)c2)cc1. The average molecular weight is 416 g/mol.